The standard InChI is InChI=1S/C15H25N3/c1-4-16-15-14(6-5-9-17-15)11-18-10-12(2)7-8-13(18)3/h5-6,9,12-13H,4,7-8,10-11H2,1-3H3,(H,16,17). The van der Waals surface area contributed by atoms with E-state index in [1.807, 2.05) is 12.3 Å². The molecule has 2 atom stereocenters. The summed E-state index contributed by atoms with van der Waals surface area (Å²) in [5.74, 6) is 1.87. The van der Waals surface area contributed by atoms with Gasteiger partial charge in [-0.05, 0) is 38.7 Å². The van der Waals surface area contributed by atoms with Crippen LogP contribution in [0.2, 0.25) is 0 Å². The van der Waals surface area contributed by atoms with Crippen LogP contribution >= 0.6 is 0 Å². The lowest BCUT2D eigenvalue weighted by Gasteiger charge is -2.37. The van der Waals surface area contributed by atoms with Crippen molar-refractivity contribution in [2.24, 2.45) is 5.92 Å². The number of nitrogens with one attached hydrogen (secondary N) is 1. The van der Waals surface area contributed by atoms with E-state index in [1.165, 1.54) is 24.9 Å². The molecule has 1 saturated heterocycles. The fourth-order valence-electron chi connectivity index (χ4n) is 2.71. The van der Waals surface area contributed by atoms with E-state index in [0.29, 0.717) is 6.04 Å². The van der Waals surface area contributed by atoms with Gasteiger partial charge in [-0.1, -0.05) is 13.0 Å². The molecule has 0 aromatic carbocycles. The Balaban J connectivity index is 2.07. The topological polar surface area (TPSA) is 28.2 Å². The minimum absolute atomic E-state index is 0.691. The summed E-state index contributed by atoms with van der Waals surface area (Å²) in [4.78, 5) is 7.03. The summed E-state index contributed by atoms with van der Waals surface area (Å²) in [6.07, 6.45) is 4.55. The number of rotatable bonds is 4. The van der Waals surface area contributed by atoms with Gasteiger partial charge in [-0.3, -0.25) is 4.90 Å². The molecule has 1 aromatic heterocycles. The van der Waals surface area contributed by atoms with E-state index < -0.39 is 0 Å². The first-order valence-corrected chi connectivity index (χ1v) is 7.12. The zero-order valence-corrected chi connectivity index (χ0v) is 11.8. The second-order valence-electron chi connectivity index (χ2n) is 5.50. The van der Waals surface area contributed by atoms with Crippen LogP contribution in [0, 0.1) is 5.92 Å². The predicted molar refractivity (Wildman–Crippen MR) is 76.7 cm³/mol. The van der Waals surface area contributed by atoms with Gasteiger partial charge in [0.25, 0.3) is 0 Å². The Morgan fingerprint density at radius 1 is 1.39 bits per heavy atom. The van der Waals surface area contributed by atoms with Gasteiger partial charge in [0, 0.05) is 37.4 Å². The monoisotopic (exact) mass is 247 g/mol. The van der Waals surface area contributed by atoms with Crippen LogP contribution in [0.1, 0.15) is 39.2 Å². The van der Waals surface area contributed by atoms with E-state index in [0.717, 1.165) is 24.8 Å². The molecule has 2 heterocycles. The maximum atomic E-state index is 4.44. The van der Waals surface area contributed by atoms with Crippen LogP contribution in [0.15, 0.2) is 18.3 Å². The third-order valence-corrected chi connectivity index (χ3v) is 3.86. The van der Waals surface area contributed by atoms with Gasteiger partial charge in [-0.15, -0.1) is 0 Å². The Hall–Kier alpha value is -1.09. The molecule has 3 nitrogen and oxygen atoms in total. The fourth-order valence-corrected chi connectivity index (χ4v) is 2.71. The lowest BCUT2D eigenvalue weighted by Crippen LogP contribution is -2.40. The average Bonchev–Trinajstić information content (AvgIpc) is 2.36. The quantitative estimate of drug-likeness (QED) is 0.886. The van der Waals surface area contributed by atoms with Gasteiger partial charge in [-0.2, -0.15) is 0 Å². The van der Waals surface area contributed by atoms with Gasteiger partial charge in [0.1, 0.15) is 5.82 Å². The maximum absolute atomic E-state index is 4.44. The van der Waals surface area contributed by atoms with Crippen molar-refractivity contribution in [3.8, 4) is 0 Å². The first-order valence-electron chi connectivity index (χ1n) is 7.12. The number of hydrogen-bond acceptors (Lipinski definition) is 3. The molecule has 2 rings (SSSR count). The first-order chi connectivity index (χ1) is 8.70. The molecule has 3 heteroatoms. The Kier molecular flexibility index (Phi) is 4.59. The molecule has 2 unspecified atom stereocenters. The van der Waals surface area contributed by atoms with Crippen LogP contribution in [-0.4, -0.2) is 29.0 Å². The summed E-state index contributed by atoms with van der Waals surface area (Å²) >= 11 is 0. The van der Waals surface area contributed by atoms with Gasteiger partial charge in [0.05, 0.1) is 0 Å². The van der Waals surface area contributed by atoms with E-state index >= 15 is 0 Å². The Morgan fingerprint density at radius 3 is 3.00 bits per heavy atom. The molecule has 0 aliphatic carbocycles. The minimum Gasteiger partial charge on any atom is -0.370 e. The molecule has 18 heavy (non-hydrogen) atoms. The Morgan fingerprint density at radius 2 is 2.22 bits per heavy atom. The molecule has 1 fully saturated rings. The molecule has 0 bridgehead atoms. The SMILES string of the molecule is CCNc1ncccc1CN1CC(C)CCC1C. The number of likely N-dealkylation sites (tertiary alicyclic amines) is 1. The summed E-state index contributed by atoms with van der Waals surface area (Å²) in [7, 11) is 0. The van der Waals surface area contributed by atoms with Crippen molar-refractivity contribution in [1.29, 1.82) is 0 Å². The first kappa shape index (κ1) is 13.3. The second kappa shape index (κ2) is 6.19. The summed E-state index contributed by atoms with van der Waals surface area (Å²) in [5, 5.41) is 3.35. The predicted octanol–water partition coefficient (Wildman–Crippen LogP) is 3.13. The maximum Gasteiger partial charge on any atom is 0.130 e. The van der Waals surface area contributed by atoms with Crippen molar-refractivity contribution in [3.05, 3.63) is 23.9 Å². The summed E-state index contributed by atoms with van der Waals surface area (Å²) in [5.41, 5.74) is 1.32. The summed E-state index contributed by atoms with van der Waals surface area (Å²) in [6.45, 7) is 9.96. The highest BCUT2D eigenvalue weighted by Gasteiger charge is 2.23. The molecule has 1 N–H and O–H groups in total. The molecule has 1 aliphatic heterocycles. The number of hydrogen-bond donors (Lipinski definition) is 1. The van der Waals surface area contributed by atoms with Crippen LogP contribution in [-0.2, 0) is 6.54 Å². The van der Waals surface area contributed by atoms with Crippen LogP contribution in [0.3, 0.4) is 0 Å². The van der Waals surface area contributed by atoms with E-state index in [9.17, 15) is 0 Å². The lowest BCUT2D eigenvalue weighted by atomic mass is 9.94. The summed E-state index contributed by atoms with van der Waals surface area (Å²) < 4.78 is 0. The third-order valence-electron chi connectivity index (χ3n) is 3.86. The number of aromatic nitrogens is 1. The third kappa shape index (κ3) is 3.22. The van der Waals surface area contributed by atoms with Crippen LogP contribution in [0.25, 0.3) is 0 Å². The van der Waals surface area contributed by atoms with Crippen molar-refractivity contribution in [2.75, 3.05) is 18.4 Å². The molecule has 1 aromatic rings. The largest absolute Gasteiger partial charge is 0.370 e. The van der Waals surface area contributed by atoms with Crippen molar-refractivity contribution in [3.63, 3.8) is 0 Å². The van der Waals surface area contributed by atoms with Crippen LogP contribution in [0.5, 0.6) is 0 Å². The molecule has 0 saturated carbocycles. The Labute approximate surface area is 111 Å². The molecular weight excluding hydrogens is 222 g/mol. The van der Waals surface area contributed by atoms with Gasteiger partial charge in [-0.25, -0.2) is 4.98 Å². The highest BCUT2D eigenvalue weighted by atomic mass is 15.2. The molecule has 0 radical (unpaired) electrons. The van der Waals surface area contributed by atoms with Gasteiger partial charge in [0.2, 0.25) is 0 Å². The molecule has 1 aliphatic rings. The van der Waals surface area contributed by atoms with Crippen LogP contribution in [0.4, 0.5) is 5.82 Å². The van der Waals surface area contributed by atoms with E-state index in [4.69, 9.17) is 0 Å². The van der Waals surface area contributed by atoms with E-state index in [2.05, 4.69) is 42.0 Å². The number of anilines is 1. The minimum atomic E-state index is 0.691. The average molecular weight is 247 g/mol. The highest BCUT2D eigenvalue weighted by molar-refractivity contribution is 5.43. The van der Waals surface area contributed by atoms with Crippen molar-refractivity contribution >= 4 is 5.82 Å². The Bertz CT molecular complexity index is 378. The van der Waals surface area contributed by atoms with Crippen molar-refractivity contribution in [1.82, 2.24) is 9.88 Å². The second-order valence-corrected chi connectivity index (χ2v) is 5.50. The van der Waals surface area contributed by atoms with Gasteiger partial charge >= 0.3 is 0 Å². The normalized spacial score (nSPS) is 25.1. The van der Waals surface area contributed by atoms with E-state index in [-0.39, 0.29) is 0 Å². The fraction of sp³-hybridized carbons (Fsp3) is 0.667. The highest BCUT2D eigenvalue weighted by Crippen LogP contribution is 2.24. The summed E-state index contributed by atoms with van der Waals surface area (Å²) in [6, 6.07) is 4.92. The smallest absolute Gasteiger partial charge is 0.130 e. The van der Waals surface area contributed by atoms with Gasteiger partial charge < -0.3 is 5.32 Å². The number of nitrogens with zero attached hydrogens (tertiary/aromatic N) is 2. The number of pyridine rings is 1. The van der Waals surface area contributed by atoms with Gasteiger partial charge in [0.15, 0.2) is 0 Å². The molecule has 0 amide bonds. The van der Waals surface area contributed by atoms with E-state index in [1.54, 1.807) is 0 Å². The molecular formula is C15H25N3. The van der Waals surface area contributed by atoms with Crippen molar-refractivity contribution < 1.29 is 0 Å². The van der Waals surface area contributed by atoms with Crippen LogP contribution < -0.4 is 5.32 Å². The zero-order valence-electron chi connectivity index (χ0n) is 11.8. The lowest BCUT2D eigenvalue weighted by molar-refractivity contribution is 0.117. The number of piperidine rings is 1. The zero-order chi connectivity index (χ0) is 13.0. The molecule has 100 valence electrons. The molecule has 0 spiro atoms. The van der Waals surface area contributed by atoms with Crippen molar-refractivity contribution in [2.45, 2.75) is 46.2 Å².